The van der Waals surface area contributed by atoms with Crippen molar-refractivity contribution >= 4 is 17.6 Å². The molecule has 0 saturated carbocycles. The molecule has 0 bridgehead atoms. The Labute approximate surface area is 120 Å². The van der Waals surface area contributed by atoms with E-state index in [2.05, 4.69) is 4.98 Å². The fraction of sp³-hybridized carbons (Fsp3) is 0.0714. The number of carboxylic acids is 1. The van der Waals surface area contributed by atoms with Crippen LogP contribution in [0.1, 0.15) is 15.9 Å². The number of carboxylic acid groups (broad SMARTS) is 1. The first kappa shape index (κ1) is 13.8. The fourth-order valence-electron chi connectivity index (χ4n) is 1.81. The van der Waals surface area contributed by atoms with Gasteiger partial charge in [-0.3, -0.25) is 0 Å². The number of nitriles is 1. The van der Waals surface area contributed by atoms with Crippen molar-refractivity contribution in [3.05, 3.63) is 46.7 Å². The Balaban J connectivity index is 2.76. The van der Waals surface area contributed by atoms with Crippen LogP contribution in [0.5, 0.6) is 5.75 Å². The highest BCUT2D eigenvalue weighted by molar-refractivity contribution is 6.29. The third-order valence-electron chi connectivity index (χ3n) is 2.72. The van der Waals surface area contributed by atoms with E-state index in [1.54, 1.807) is 18.2 Å². The Morgan fingerprint density at radius 3 is 2.75 bits per heavy atom. The number of hydrogen-bond acceptors (Lipinski definition) is 4. The van der Waals surface area contributed by atoms with Crippen LogP contribution in [-0.2, 0) is 0 Å². The molecule has 2 rings (SSSR count). The van der Waals surface area contributed by atoms with Crippen molar-refractivity contribution in [1.29, 1.82) is 5.26 Å². The van der Waals surface area contributed by atoms with Crippen molar-refractivity contribution < 1.29 is 14.6 Å². The van der Waals surface area contributed by atoms with Gasteiger partial charge in [0.2, 0.25) is 0 Å². The van der Waals surface area contributed by atoms with Gasteiger partial charge >= 0.3 is 5.97 Å². The number of carbonyl (C=O) groups is 1. The van der Waals surface area contributed by atoms with Crippen LogP contribution in [0.4, 0.5) is 0 Å². The Morgan fingerprint density at radius 1 is 1.40 bits per heavy atom. The second-order valence-corrected chi connectivity index (χ2v) is 4.27. The van der Waals surface area contributed by atoms with Crippen LogP contribution in [0, 0.1) is 11.3 Å². The van der Waals surface area contributed by atoms with Gasteiger partial charge in [-0.2, -0.15) is 5.26 Å². The van der Waals surface area contributed by atoms with Gasteiger partial charge in [-0.05, 0) is 24.3 Å². The molecule has 0 aliphatic carbocycles. The summed E-state index contributed by atoms with van der Waals surface area (Å²) in [5, 5.41) is 18.3. The maximum Gasteiger partial charge on any atom is 0.337 e. The van der Waals surface area contributed by atoms with Crippen LogP contribution in [0.2, 0.25) is 5.15 Å². The van der Waals surface area contributed by atoms with Gasteiger partial charge < -0.3 is 9.84 Å². The molecule has 0 saturated heterocycles. The summed E-state index contributed by atoms with van der Waals surface area (Å²) in [6.45, 7) is 0. The number of ether oxygens (including phenoxy) is 1. The maximum atomic E-state index is 11.3. The second kappa shape index (κ2) is 5.59. The molecule has 1 aromatic heterocycles. The first-order valence-corrected chi connectivity index (χ1v) is 5.92. The van der Waals surface area contributed by atoms with Crippen molar-refractivity contribution in [2.75, 3.05) is 7.11 Å². The lowest BCUT2D eigenvalue weighted by molar-refractivity contribution is 0.0697. The van der Waals surface area contributed by atoms with Crippen molar-refractivity contribution in [3.63, 3.8) is 0 Å². The van der Waals surface area contributed by atoms with E-state index in [0.29, 0.717) is 22.4 Å². The molecule has 0 spiro atoms. The number of aromatic carboxylic acids is 1. The fourth-order valence-corrected chi connectivity index (χ4v) is 1.97. The predicted octanol–water partition coefficient (Wildman–Crippen LogP) is 2.98. The van der Waals surface area contributed by atoms with E-state index in [0.717, 1.165) is 0 Å². The SMILES string of the molecule is COc1ccc(C#N)cc1-c1cc(Cl)ncc1C(=O)O. The van der Waals surface area contributed by atoms with Crippen LogP contribution in [0.25, 0.3) is 11.1 Å². The predicted molar refractivity (Wildman–Crippen MR) is 72.9 cm³/mol. The summed E-state index contributed by atoms with van der Waals surface area (Å²) in [6, 6.07) is 8.18. The number of benzene rings is 1. The van der Waals surface area contributed by atoms with E-state index in [-0.39, 0.29) is 10.7 Å². The minimum atomic E-state index is -1.13. The lowest BCUT2D eigenvalue weighted by atomic mass is 9.99. The number of rotatable bonds is 3. The second-order valence-electron chi connectivity index (χ2n) is 3.88. The van der Waals surface area contributed by atoms with E-state index < -0.39 is 5.97 Å². The molecule has 0 aliphatic rings. The summed E-state index contributed by atoms with van der Waals surface area (Å²) in [5.41, 5.74) is 1.22. The zero-order valence-corrected chi connectivity index (χ0v) is 11.2. The van der Waals surface area contributed by atoms with Crippen LogP contribution in [-0.4, -0.2) is 23.2 Å². The topological polar surface area (TPSA) is 83.2 Å². The van der Waals surface area contributed by atoms with Crippen molar-refractivity contribution in [2.45, 2.75) is 0 Å². The van der Waals surface area contributed by atoms with Gasteiger partial charge in [-0.1, -0.05) is 11.6 Å². The smallest absolute Gasteiger partial charge is 0.337 e. The summed E-state index contributed by atoms with van der Waals surface area (Å²) in [5.74, 6) is -0.678. The molecule has 6 heteroatoms. The summed E-state index contributed by atoms with van der Waals surface area (Å²) < 4.78 is 5.21. The summed E-state index contributed by atoms with van der Waals surface area (Å²) in [6.07, 6.45) is 1.18. The summed E-state index contributed by atoms with van der Waals surface area (Å²) >= 11 is 5.83. The Kier molecular flexibility index (Phi) is 3.87. The van der Waals surface area contributed by atoms with Gasteiger partial charge in [-0.25, -0.2) is 9.78 Å². The zero-order chi connectivity index (χ0) is 14.7. The molecule has 0 unspecified atom stereocenters. The molecule has 100 valence electrons. The summed E-state index contributed by atoms with van der Waals surface area (Å²) in [7, 11) is 1.47. The first-order valence-electron chi connectivity index (χ1n) is 5.54. The van der Waals surface area contributed by atoms with Gasteiger partial charge in [0, 0.05) is 17.3 Å². The van der Waals surface area contributed by atoms with Gasteiger partial charge in [-0.15, -0.1) is 0 Å². The van der Waals surface area contributed by atoms with E-state index in [4.69, 9.17) is 21.6 Å². The highest BCUT2D eigenvalue weighted by atomic mass is 35.5. The monoisotopic (exact) mass is 288 g/mol. The minimum absolute atomic E-state index is 0.0113. The van der Waals surface area contributed by atoms with E-state index in [1.807, 2.05) is 6.07 Å². The van der Waals surface area contributed by atoms with E-state index in [1.165, 1.54) is 19.4 Å². The van der Waals surface area contributed by atoms with Gasteiger partial charge in [0.15, 0.2) is 0 Å². The molecule has 1 N–H and O–H groups in total. The lowest BCUT2D eigenvalue weighted by Crippen LogP contribution is -2.02. The van der Waals surface area contributed by atoms with Crippen molar-refractivity contribution in [2.24, 2.45) is 0 Å². The van der Waals surface area contributed by atoms with Crippen LogP contribution >= 0.6 is 11.6 Å². The first-order chi connectivity index (χ1) is 9.56. The number of pyridine rings is 1. The average Bonchev–Trinajstić information content (AvgIpc) is 2.46. The van der Waals surface area contributed by atoms with Gasteiger partial charge in [0.05, 0.1) is 24.3 Å². The largest absolute Gasteiger partial charge is 0.496 e. The molecule has 20 heavy (non-hydrogen) atoms. The number of aromatic nitrogens is 1. The van der Waals surface area contributed by atoms with E-state index in [9.17, 15) is 9.90 Å². The highest BCUT2D eigenvalue weighted by Crippen LogP contribution is 2.34. The number of hydrogen-bond donors (Lipinski definition) is 1. The third-order valence-corrected chi connectivity index (χ3v) is 2.93. The molecule has 2 aromatic rings. The minimum Gasteiger partial charge on any atom is -0.496 e. The molecule has 5 nitrogen and oxygen atoms in total. The molecule has 0 amide bonds. The van der Waals surface area contributed by atoms with Crippen LogP contribution in [0.15, 0.2) is 30.5 Å². The molecule has 1 heterocycles. The highest BCUT2D eigenvalue weighted by Gasteiger charge is 2.17. The van der Waals surface area contributed by atoms with Crippen molar-refractivity contribution in [1.82, 2.24) is 4.98 Å². The maximum absolute atomic E-state index is 11.3. The molecule has 0 atom stereocenters. The molecule has 0 fully saturated rings. The van der Waals surface area contributed by atoms with Crippen molar-refractivity contribution in [3.8, 4) is 22.9 Å². The molecule has 1 aromatic carbocycles. The zero-order valence-electron chi connectivity index (χ0n) is 10.4. The molecular weight excluding hydrogens is 280 g/mol. The molecule has 0 radical (unpaired) electrons. The van der Waals surface area contributed by atoms with Crippen LogP contribution < -0.4 is 4.74 Å². The quantitative estimate of drug-likeness (QED) is 0.878. The number of methoxy groups -OCH3 is 1. The normalized spacial score (nSPS) is 9.85. The number of halogens is 1. The van der Waals surface area contributed by atoms with Gasteiger partial charge in [0.1, 0.15) is 10.9 Å². The molecule has 0 aliphatic heterocycles. The van der Waals surface area contributed by atoms with Gasteiger partial charge in [0.25, 0.3) is 0 Å². The lowest BCUT2D eigenvalue weighted by Gasteiger charge is -2.11. The molecular formula is C14H9ClN2O3. The average molecular weight is 289 g/mol. The third kappa shape index (κ3) is 2.56. The summed E-state index contributed by atoms with van der Waals surface area (Å²) in [4.78, 5) is 15.0. The van der Waals surface area contributed by atoms with E-state index >= 15 is 0 Å². The van der Waals surface area contributed by atoms with Crippen LogP contribution in [0.3, 0.4) is 0 Å². The Morgan fingerprint density at radius 2 is 2.15 bits per heavy atom. The standard InChI is InChI=1S/C14H9ClN2O3/c1-20-12-3-2-8(6-16)4-10(12)9-5-13(15)17-7-11(9)14(18)19/h2-5,7H,1H3,(H,18,19). The number of nitrogens with zero attached hydrogens (tertiary/aromatic N) is 2. The Bertz CT molecular complexity index is 723. The Hall–Kier alpha value is -2.58.